The highest BCUT2D eigenvalue weighted by Gasteiger charge is 2.18. The van der Waals surface area contributed by atoms with Crippen molar-refractivity contribution < 1.29 is 9.59 Å². The van der Waals surface area contributed by atoms with E-state index in [1.165, 1.54) is 11.3 Å². The Kier molecular flexibility index (Phi) is 7.14. The van der Waals surface area contributed by atoms with Crippen molar-refractivity contribution in [3.05, 3.63) is 71.2 Å². The molecule has 0 aliphatic carbocycles. The summed E-state index contributed by atoms with van der Waals surface area (Å²) in [4.78, 5) is 31.5. The molecule has 3 rings (SSSR count). The molecule has 0 bridgehead atoms. The smallest absolute Gasteiger partial charge is 0.244 e. The SMILES string of the molecule is CCCN(CC(=O)Nc1ccccc1C)C(=O)Cc1csc(-c2ccccc2)n1. The first-order valence-electron chi connectivity index (χ1n) is 9.70. The Hall–Kier alpha value is -2.99. The number of carbonyl (C=O) groups is 2. The number of aryl methyl sites for hydroxylation is 1. The minimum Gasteiger partial charge on any atom is -0.333 e. The molecule has 1 N–H and O–H groups in total. The number of thiazole rings is 1. The summed E-state index contributed by atoms with van der Waals surface area (Å²) < 4.78 is 0. The molecule has 0 unspecified atom stereocenters. The first-order chi connectivity index (χ1) is 14.1. The summed E-state index contributed by atoms with van der Waals surface area (Å²) in [6.07, 6.45) is 0.983. The van der Waals surface area contributed by atoms with Crippen molar-refractivity contribution in [3.63, 3.8) is 0 Å². The molecule has 0 fully saturated rings. The summed E-state index contributed by atoms with van der Waals surface area (Å²) in [6, 6.07) is 17.5. The zero-order valence-electron chi connectivity index (χ0n) is 16.7. The fraction of sp³-hybridized carbons (Fsp3) is 0.261. The van der Waals surface area contributed by atoms with Crippen molar-refractivity contribution in [2.75, 3.05) is 18.4 Å². The standard InChI is InChI=1S/C23H25N3O2S/c1-3-13-26(15-21(27)25-20-12-8-7-9-17(20)2)22(28)14-19-16-29-23(24-19)18-10-5-4-6-11-18/h4-12,16H,3,13-15H2,1-2H3,(H,25,27). The number of carbonyl (C=O) groups excluding carboxylic acids is 2. The van der Waals surface area contributed by atoms with Crippen molar-refractivity contribution in [2.24, 2.45) is 0 Å². The van der Waals surface area contributed by atoms with Gasteiger partial charge in [0.25, 0.3) is 0 Å². The Morgan fingerprint density at radius 2 is 1.79 bits per heavy atom. The summed E-state index contributed by atoms with van der Waals surface area (Å²) in [5, 5.41) is 5.71. The summed E-state index contributed by atoms with van der Waals surface area (Å²) in [5.41, 5.74) is 3.54. The van der Waals surface area contributed by atoms with Crippen LogP contribution in [0.25, 0.3) is 10.6 Å². The summed E-state index contributed by atoms with van der Waals surface area (Å²) in [7, 11) is 0. The molecule has 6 heteroatoms. The average molecular weight is 408 g/mol. The lowest BCUT2D eigenvalue weighted by atomic mass is 10.2. The van der Waals surface area contributed by atoms with Crippen LogP contribution in [0.3, 0.4) is 0 Å². The molecule has 0 atom stereocenters. The maximum Gasteiger partial charge on any atom is 0.244 e. The van der Waals surface area contributed by atoms with Crippen LogP contribution in [0.4, 0.5) is 5.69 Å². The van der Waals surface area contributed by atoms with Crippen LogP contribution >= 0.6 is 11.3 Å². The lowest BCUT2D eigenvalue weighted by Crippen LogP contribution is -2.39. The van der Waals surface area contributed by atoms with E-state index in [2.05, 4.69) is 10.3 Å². The zero-order chi connectivity index (χ0) is 20.6. The maximum absolute atomic E-state index is 12.8. The molecule has 1 aromatic heterocycles. The number of benzene rings is 2. The topological polar surface area (TPSA) is 62.3 Å². The largest absolute Gasteiger partial charge is 0.333 e. The van der Waals surface area contributed by atoms with Gasteiger partial charge in [-0.3, -0.25) is 9.59 Å². The first kappa shape index (κ1) is 20.7. The third-order valence-corrected chi connectivity index (χ3v) is 5.44. The Labute approximate surface area is 175 Å². The van der Waals surface area contributed by atoms with Crippen molar-refractivity contribution in [1.82, 2.24) is 9.88 Å². The number of hydrogen-bond acceptors (Lipinski definition) is 4. The van der Waals surface area contributed by atoms with Gasteiger partial charge in [-0.15, -0.1) is 11.3 Å². The van der Waals surface area contributed by atoms with Crippen LogP contribution in [-0.4, -0.2) is 34.8 Å². The third-order valence-electron chi connectivity index (χ3n) is 4.50. The van der Waals surface area contributed by atoms with Crippen molar-refractivity contribution in [1.29, 1.82) is 0 Å². The Bertz CT molecular complexity index is 969. The molecule has 0 radical (unpaired) electrons. The number of rotatable bonds is 8. The highest BCUT2D eigenvalue weighted by molar-refractivity contribution is 7.13. The molecule has 0 spiro atoms. The number of amides is 2. The number of nitrogens with zero attached hydrogens (tertiary/aromatic N) is 2. The van der Waals surface area contributed by atoms with Gasteiger partial charge in [-0.05, 0) is 25.0 Å². The van der Waals surface area contributed by atoms with Crippen LogP contribution in [0.1, 0.15) is 24.6 Å². The molecule has 3 aromatic rings. The maximum atomic E-state index is 12.8. The number of aromatic nitrogens is 1. The van der Waals surface area contributed by atoms with E-state index in [1.807, 2.05) is 73.8 Å². The van der Waals surface area contributed by atoms with Gasteiger partial charge >= 0.3 is 0 Å². The summed E-state index contributed by atoms with van der Waals surface area (Å²) in [6.45, 7) is 4.51. The zero-order valence-corrected chi connectivity index (χ0v) is 17.5. The van der Waals surface area contributed by atoms with Crippen LogP contribution in [0.5, 0.6) is 0 Å². The van der Waals surface area contributed by atoms with Crippen molar-refractivity contribution in [2.45, 2.75) is 26.7 Å². The van der Waals surface area contributed by atoms with Gasteiger partial charge in [0.2, 0.25) is 11.8 Å². The lowest BCUT2D eigenvalue weighted by molar-refractivity contribution is -0.134. The van der Waals surface area contributed by atoms with Gasteiger partial charge in [0.1, 0.15) is 5.01 Å². The minimum absolute atomic E-state index is 0.0384. The van der Waals surface area contributed by atoms with Gasteiger partial charge in [0.05, 0.1) is 18.7 Å². The number of hydrogen-bond donors (Lipinski definition) is 1. The van der Waals surface area contributed by atoms with Crippen LogP contribution in [0, 0.1) is 6.92 Å². The van der Waals surface area contributed by atoms with E-state index in [-0.39, 0.29) is 24.8 Å². The Morgan fingerprint density at radius 3 is 2.52 bits per heavy atom. The predicted octanol–water partition coefficient (Wildman–Crippen LogP) is 4.54. The fourth-order valence-electron chi connectivity index (χ4n) is 3.01. The second-order valence-electron chi connectivity index (χ2n) is 6.87. The summed E-state index contributed by atoms with van der Waals surface area (Å²) in [5.74, 6) is -0.277. The van der Waals surface area contributed by atoms with Crippen molar-refractivity contribution >= 4 is 28.8 Å². The molecule has 2 amide bonds. The molecule has 0 saturated heterocycles. The molecule has 2 aromatic carbocycles. The number of para-hydroxylation sites is 1. The van der Waals surface area contributed by atoms with Gasteiger partial charge in [-0.2, -0.15) is 0 Å². The molecule has 150 valence electrons. The molecule has 29 heavy (non-hydrogen) atoms. The molecule has 5 nitrogen and oxygen atoms in total. The van der Waals surface area contributed by atoms with E-state index in [9.17, 15) is 9.59 Å². The van der Waals surface area contributed by atoms with E-state index >= 15 is 0 Å². The fourth-order valence-corrected chi connectivity index (χ4v) is 3.83. The first-order valence-corrected chi connectivity index (χ1v) is 10.6. The highest BCUT2D eigenvalue weighted by atomic mass is 32.1. The van der Waals surface area contributed by atoms with Crippen LogP contribution in [0.15, 0.2) is 60.0 Å². The van der Waals surface area contributed by atoms with Gasteiger partial charge in [-0.1, -0.05) is 55.5 Å². The van der Waals surface area contributed by atoms with Crippen LogP contribution < -0.4 is 5.32 Å². The van der Waals surface area contributed by atoms with Gasteiger partial charge in [0.15, 0.2) is 0 Å². The van der Waals surface area contributed by atoms with E-state index in [4.69, 9.17) is 0 Å². The summed E-state index contributed by atoms with van der Waals surface area (Å²) >= 11 is 1.53. The highest BCUT2D eigenvalue weighted by Crippen LogP contribution is 2.23. The normalized spacial score (nSPS) is 10.6. The lowest BCUT2D eigenvalue weighted by Gasteiger charge is -2.21. The second-order valence-corrected chi connectivity index (χ2v) is 7.72. The molecule has 0 saturated carbocycles. The van der Waals surface area contributed by atoms with E-state index in [0.29, 0.717) is 6.54 Å². The van der Waals surface area contributed by atoms with Gasteiger partial charge in [0, 0.05) is 23.2 Å². The Morgan fingerprint density at radius 1 is 1.07 bits per heavy atom. The quantitative estimate of drug-likeness (QED) is 0.596. The Balaban J connectivity index is 1.63. The third kappa shape index (κ3) is 5.74. The second kappa shape index (κ2) is 9.98. The van der Waals surface area contributed by atoms with E-state index in [1.54, 1.807) is 4.90 Å². The number of anilines is 1. The predicted molar refractivity (Wildman–Crippen MR) is 118 cm³/mol. The van der Waals surface area contributed by atoms with Crippen LogP contribution in [-0.2, 0) is 16.0 Å². The van der Waals surface area contributed by atoms with E-state index in [0.717, 1.165) is 33.9 Å². The monoisotopic (exact) mass is 407 g/mol. The van der Waals surface area contributed by atoms with Crippen LogP contribution in [0.2, 0.25) is 0 Å². The molecular formula is C23H25N3O2S. The minimum atomic E-state index is -0.190. The molecule has 0 aliphatic rings. The van der Waals surface area contributed by atoms with Gasteiger partial charge < -0.3 is 10.2 Å². The van der Waals surface area contributed by atoms with Crippen molar-refractivity contribution in [3.8, 4) is 10.6 Å². The molecule has 0 aliphatic heterocycles. The average Bonchev–Trinajstić information content (AvgIpc) is 3.18. The molecule has 1 heterocycles. The van der Waals surface area contributed by atoms with E-state index < -0.39 is 0 Å². The number of nitrogens with one attached hydrogen (secondary N) is 1. The molecular weight excluding hydrogens is 382 g/mol. The van der Waals surface area contributed by atoms with Gasteiger partial charge in [-0.25, -0.2) is 4.98 Å².